The van der Waals surface area contributed by atoms with Crippen LogP contribution in [0, 0.1) is 5.82 Å². The Kier molecular flexibility index (Phi) is 8.81. The summed E-state index contributed by atoms with van der Waals surface area (Å²) in [6.07, 6.45) is 0.695. The molecule has 1 aliphatic rings. The number of rotatable bonds is 10. The zero-order valence-electron chi connectivity index (χ0n) is 20.9. The van der Waals surface area contributed by atoms with Gasteiger partial charge in [0.1, 0.15) is 23.4 Å². The lowest BCUT2D eigenvalue weighted by Crippen LogP contribution is -2.37. The van der Waals surface area contributed by atoms with Crippen molar-refractivity contribution in [1.82, 2.24) is 4.90 Å². The van der Waals surface area contributed by atoms with Crippen molar-refractivity contribution in [3.8, 4) is 11.5 Å². The fraction of sp³-hybridized carbons (Fsp3) is 0.250. The van der Waals surface area contributed by atoms with Crippen molar-refractivity contribution in [2.24, 2.45) is 0 Å². The first-order valence-electron chi connectivity index (χ1n) is 12.1. The number of thiocarbonyl (C=S) groups is 1. The predicted molar refractivity (Wildman–Crippen MR) is 149 cm³/mol. The van der Waals surface area contributed by atoms with Crippen LogP contribution in [0.5, 0.6) is 11.5 Å². The average Bonchev–Trinajstić information content (AvgIpc) is 3.13. The van der Waals surface area contributed by atoms with E-state index in [4.69, 9.17) is 33.3 Å². The van der Waals surface area contributed by atoms with E-state index in [-0.39, 0.29) is 24.0 Å². The van der Waals surface area contributed by atoms with Crippen LogP contribution < -0.4 is 19.7 Å². The smallest absolute Gasteiger partial charge is 0.256 e. The van der Waals surface area contributed by atoms with Crippen LogP contribution in [0.2, 0.25) is 5.02 Å². The molecule has 1 heterocycles. The summed E-state index contributed by atoms with van der Waals surface area (Å²) in [6.45, 7) is 2.63. The first-order valence-corrected chi connectivity index (χ1v) is 12.8. The van der Waals surface area contributed by atoms with Crippen LogP contribution in [0.1, 0.15) is 25.3 Å². The summed E-state index contributed by atoms with van der Waals surface area (Å²) < 4.78 is 25.3. The quantitative estimate of drug-likeness (QED) is 0.318. The summed E-state index contributed by atoms with van der Waals surface area (Å²) >= 11 is 12.0. The number of carbonyl (C=O) groups is 2. The van der Waals surface area contributed by atoms with E-state index in [1.165, 1.54) is 18.1 Å². The Morgan fingerprint density at radius 1 is 1.13 bits per heavy atom. The van der Waals surface area contributed by atoms with Gasteiger partial charge < -0.3 is 19.7 Å². The fourth-order valence-corrected chi connectivity index (χ4v) is 4.74. The number of carbonyl (C=O) groups excluding carboxylic acids is 2. The highest BCUT2D eigenvalue weighted by molar-refractivity contribution is 7.80. The molecule has 38 heavy (non-hydrogen) atoms. The van der Waals surface area contributed by atoms with Gasteiger partial charge in [-0.3, -0.25) is 14.5 Å². The molecule has 1 aliphatic heterocycles. The molecule has 4 rings (SSSR count). The van der Waals surface area contributed by atoms with Gasteiger partial charge in [-0.15, -0.1) is 0 Å². The number of hydrogen-bond acceptors (Lipinski definition) is 5. The van der Waals surface area contributed by atoms with Gasteiger partial charge in [-0.1, -0.05) is 36.7 Å². The molecule has 10 heteroatoms. The van der Waals surface area contributed by atoms with Crippen LogP contribution in [0.3, 0.4) is 0 Å². The summed E-state index contributed by atoms with van der Waals surface area (Å²) in [7, 11) is 1.49. The molecule has 0 aliphatic carbocycles. The van der Waals surface area contributed by atoms with Crippen molar-refractivity contribution in [1.29, 1.82) is 0 Å². The summed E-state index contributed by atoms with van der Waals surface area (Å²) in [4.78, 5) is 29.5. The molecule has 1 saturated heterocycles. The van der Waals surface area contributed by atoms with E-state index < -0.39 is 17.8 Å². The highest BCUT2D eigenvalue weighted by Gasteiger charge is 2.44. The normalized spacial score (nSPS) is 15.1. The molecule has 1 atom stereocenters. The molecule has 1 fully saturated rings. The number of ether oxygens (including phenoxy) is 2. The summed E-state index contributed by atoms with van der Waals surface area (Å²) in [5.74, 6) is -0.0842. The molecule has 2 amide bonds. The van der Waals surface area contributed by atoms with Crippen molar-refractivity contribution in [3.05, 3.63) is 83.1 Å². The molecule has 0 aromatic heterocycles. The minimum absolute atomic E-state index is 0.0129. The molecule has 0 bridgehead atoms. The van der Waals surface area contributed by atoms with E-state index in [1.807, 2.05) is 6.92 Å². The van der Waals surface area contributed by atoms with Crippen LogP contribution in [0.15, 0.2) is 66.7 Å². The van der Waals surface area contributed by atoms with Gasteiger partial charge in [0.05, 0.1) is 30.8 Å². The van der Waals surface area contributed by atoms with Crippen LogP contribution in [0.25, 0.3) is 0 Å². The Bertz CT molecular complexity index is 1340. The van der Waals surface area contributed by atoms with E-state index >= 15 is 0 Å². The number of benzene rings is 3. The molecule has 0 spiro atoms. The van der Waals surface area contributed by atoms with Gasteiger partial charge in [-0.2, -0.15) is 0 Å². The molecule has 3 aromatic rings. The molecule has 198 valence electrons. The maximum absolute atomic E-state index is 14.5. The number of halogens is 2. The third-order valence-corrected chi connectivity index (χ3v) is 6.71. The number of amides is 2. The van der Waals surface area contributed by atoms with Crippen molar-refractivity contribution in [2.45, 2.75) is 32.4 Å². The standard InChI is InChI=1S/C28H27ClFN3O4S/c1-3-14-37-21-11-8-19(9-12-21)31-26(34)16-24-27(35)33(20-10-13-25(36-2)22(29)15-20)28(38)32(24)17-18-6-4-5-7-23(18)30/h4-13,15,24H,3,14,16-17H2,1-2H3,(H,31,34). The molecule has 0 radical (unpaired) electrons. The molecular weight excluding hydrogens is 529 g/mol. The average molecular weight is 556 g/mol. The second-order valence-electron chi connectivity index (χ2n) is 8.64. The fourth-order valence-electron chi connectivity index (χ4n) is 4.10. The lowest BCUT2D eigenvalue weighted by atomic mass is 10.1. The number of anilines is 2. The van der Waals surface area contributed by atoms with Gasteiger partial charge in [-0.05, 0) is 67.2 Å². The highest BCUT2D eigenvalue weighted by Crippen LogP contribution is 2.34. The predicted octanol–water partition coefficient (Wildman–Crippen LogP) is 5.81. The van der Waals surface area contributed by atoms with Crippen molar-refractivity contribution in [2.75, 3.05) is 23.9 Å². The molecule has 1 N–H and O–H groups in total. The Hall–Kier alpha value is -3.69. The van der Waals surface area contributed by atoms with Gasteiger partial charge in [0.25, 0.3) is 5.91 Å². The Balaban J connectivity index is 1.57. The first kappa shape index (κ1) is 27.3. The second kappa shape index (κ2) is 12.2. The van der Waals surface area contributed by atoms with Crippen LogP contribution in [-0.2, 0) is 16.1 Å². The summed E-state index contributed by atoms with van der Waals surface area (Å²) in [5.41, 5.74) is 1.34. The SMILES string of the molecule is CCCOc1ccc(NC(=O)CC2C(=O)N(c3ccc(OC)c(Cl)c3)C(=S)N2Cc2ccccc2F)cc1. The lowest BCUT2D eigenvalue weighted by molar-refractivity contribution is -0.124. The maximum atomic E-state index is 14.5. The minimum Gasteiger partial charge on any atom is -0.495 e. The van der Waals surface area contributed by atoms with Crippen molar-refractivity contribution in [3.63, 3.8) is 0 Å². The van der Waals surface area contributed by atoms with E-state index in [9.17, 15) is 14.0 Å². The second-order valence-corrected chi connectivity index (χ2v) is 9.41. The maximum Gasteiger partial charge on any atom is 0.256 e. The molecular formula is C28H27ClFN3O4S. The largest absolute Gasteiger partial charge is 0.495 e. The molecule has 3 aromatic carbocycles. The molecule has 1 unspecified atom stereocenters. The minimum atomic E-state index is -0.949. The van der Waals surface area contributed by atoms with Gasteiger partial charge in [0.2, 0.25) is 5.91 Å². The van der Waals surface area contributed by atoms with Crippen LogP contribution in [0.4, 0.5) is 15.8 Å². The van der Waals surface area contributed by atoms with Gasteiger partial charge >= 0.3 is 0 Å². The topological polar surface area (TPSA) is 71.1 Å². The monoisotopic (exact) mass is 555 g/mol. The van der Waals surface area contributed by atoms with E-state index in [0.29, 0.717) is 40.1 Å². The zero-order valence-corrected chi connectivity index (χ0v) is 22.5. The number of methoxy groups -OCH3 is 1. The van der Waals surface area contributed by atoms with Crippen molar-refractivity contribution < 1.29 is 23.5 Å². The Morgan fingerprint density at radius 3 is 2.53 bits per heavy atom. The Morgan fingerprint density at radius 2 is 1.87 bits per heavy atom. The first-order chi connectivity index (χ1) is 18.3. The molecule has 0 saturated carbocycles. The van der Waals surface area contributed by atoms with Gasteiger partial charge in [0.15, 0.2) is 5.11 Å². The van der Waals surface area contributed by atoms with E-state index in [0.717, 1.165) is 6.42 Å². The van der Waals surface area contributed by atoms with Crippen molar-refractivity contribution >= 4 is 52.1 Å². The van der Waals surface area contributed by atoms with E-state index in [2.05, 4.69) is 5.32 Å². The summed E-state index contributed by atoms with van der Waals surface area (Å²) in [5, 5.41) is 3.26. The number of nitrogens with one attached hydrogen (secondary N) is 1. The number of nitrogens with zero attached hydrogens (tertiary/aromatic N) is 2. The lowest BCUT2D eigenvalue weighted by Gasteiger charge is -2.24. The third kappa shape index (κ3) is 6.06. The molecule has 7 nitrogen and oxygen atoms in total. The number of hydrogen-bond donors (Lipinski definition) is 1. The van der Waals surface area contributed by atoms with Crippen LogP contribution in [-0.4, -0.2) is 41.6 Å². The van der Waals surface area contributed by atoms with Gasteiger partial charge in [0, 0.05) is 17.8 Å². The van der Waals surface area contributed by atoms with Gasteiger partial charge in [-0.25, -0.2) is 4.39 Å². The zero-order chi connectivity index (χ0) is 27.2. The van der Waals surface area contributed by atoms with Crippen LogP contribution >= 0.6 is 23.8 Å². The van der Waals surface area contributed by atoms with E-state index in [1.54, 1.807) is 65.6 Å². The summed E-state index contributed by atoms with van der Waals surface area (Å²) in [6, 6.07) is 17.1. The Labute approximate surface area is 231 Å². The third-order valence-electron chi connectivity index (χ3n) is 6.00. The highest BCUT2D eigenvalue weighted by atomic mass is 35.5.